The van der Waals surface area contributed by atoms with Crippen molar-refractivity contribution < 1.29 is 4.79 Å². The van der Waals surface area contributed by atoms with Crippen molar-refractivity contribution in [2.75, 3.05) is 12.4 Å². The van der Waals surface area contributed by atoms with Crippen molar-refractivity contribution in [3.8, 4) is 0 Å². The van der Waals surface area contributed by atoms with Crippen LogP contribution in [0.5, 0.6) is 0 Å². The number of amides is 1. The second-order valence-electron chi connectivity index (χ2n) is 6.93. The number of nitrogens with one attached hydrogen (secondary N) is 2. The Kier molecular flexibility index (Phi) is 4.72. The van der Waals surface area contributed by atoms with Crippen LogP contribution in [0.1, 0.15) is 24.4 Å². The van der Waals surface area contributed by atoms with Crippen molar-refractivity contribution in [1.82, 2.24) is 9.88 Å². The van der Waals surface area contributed by atoms with Gasteiger partial charge in [0.1, 0.15) is 6.04 Å². The van der Waals surface area contributed by atoms with E-state index in [0.29, 0.717) is 22.1 Å². The van der Waals surface area contributed by atoms with Crippen LogP contribution >= 0.6 is 11.6 Å². The van der Waals surface area contributed by atoms with Gasteiger partial charge in [0, 0.05) is 17.6 Å². The Morgan fingerprint density at radius 1 is 1.22 bits per heavy atom. The van der Waals surface area contributed by atoms with Crippen molar-refractivity contribution >= 4 is 34.0 Å². The number of aromatic amines is 1. The van der Waals surface area contributed by atoms with Gasteiger partial charge in [-0.15, -0.1) is 0 Å². The first-order valence-corrected chi connectivity index (χ1v) is 9.31. The van der Waals surface area contributed by atoms with Crippen LogP contribution in [0.4, 0.5) is 5.69 Å². The molecule has 0 bridgehead atoms. The molecule has 5 nitrogen and oxygen atoms in total. The van der Waals surface area contributed by atoms with Gasteiger partial charge in [0.15, 0.2) is 0 Å². The van der Waals surface area contributed by atoms with Crippen LogP contribution in [0.3, 0.4) is 0 Å². The molecule has 1 aliphatic rings. The van der Waals surface area contributed by atoms with Crippen LogP contribution in [0, 0.1) is 0 Å². The van der Waals surface area contributed by atoms with Gasteiger partial charge in [0.25, 0.3) is 5.56 Å². The fraction of sp³-hybridized carbons (Fsp3) is 0.238. The number of carbonyl (C=O) groups is 1. The van der Waals surface area contributed by atoms with Gasteiger partial charge in [0.2, 0.25) is 5.91 Å². The van der Waals surface area contributed by atoms with E-state index in [1.165, 1.54) is 0 Å². The lowest BCUT2D eigenvalue weighted by atomic mass is 10.0. The number of aromatic nitrogens is 1. The molecule has 1 heterocycles. The minimum Gasteiger partial charge on any atom is -0.329 e. The number of benzene rings is 2. The normalized spacial score (nSPS) is 15.1. The standard InChI is InChI=1S/C21H20ClN3O2/c1-25(15-7-8-15)19(13-5-3-2-4-6-13)21(27)24-18-11-14-9-10-23-20(26)16(14)12-17(18)22/h2-6,9-12,15,19H,7-8H2,1H3,(H,23,26)(H,24,27). The Labute approximate surface area is 162 Å². The van der Waals surface area contributed by atoms with Crippen LogP contribution in [0.25, 0.3) is 10.8 Å². The molecule has 4 rings (SSSR count). The first-order chi connectivity index (χ1) is 13.0. The zero-order valence-corrected chi connectivity index (χ0v) is 15.7. The van der Waals surface area contributed by atoms with Crippen molar-refractivity contribution in [2.24, 2.45) is 0 Å². The summed E-state index contributed by atoms with van der Waals surface area (Å²) in [4.78, 5) is 29.8. The van der Waals surface area contributed by atoms with Gasteiger partial charge >= 0.3 is 0 Å². The highest BCUT2D eigenvalue weighted by Gasteiger charge is 2.35. The molecule has 0 saturated heterocycles. The molecule has 0 spiro atoms. The lowest BCUT2D eigenvalue weighted by Gasteiger charge is -2.27. The van der Waals surface area contributed by atoms with E-state index in [9.17, 15) is 9.59 Å². The summed E-state index contributed by atoms with van der Waals surface area (Å²) in [6.07, 6.45) is 3.79. The van der Waals surface area contributed by atoms with Crippen LogP contribution in [0.15, 0.2) is 59.5 Å². The Bertz CT molecular complexity index is 1040. The largest absolute Gasteiger partial charge is 0.329 e. The third-order valence-electron chi connectivity index (χ3n) is 5.01. The number of carbonyl (C=O) groups excluding carboxylic acids is 1. The molecule has 27 heavy (non-hydrogen) atoms. The number of anilines is 1. The van der Waals surface area contributed by atoms with Gasteiger partial charge in [-0.05, 0) is 49.0 Å². The number of H-pyrrole nitrogens is 1. The predicted molar refractivity (Wildman–Crippen MR) is 108 cm³/mol. The Morgan fingerprint density at radius 2 is 1.96 bits per heavy atom. The zero-order valence-electron chi connectivity index (χ0n) is 14.9. The van der Waals surface area contributed by atoms with Crippen LogP contribution in [0.2, 0.25) is 5.02 Å². The Morgan fingerprint density at radius 3 is 2.67 bits per heavy atom. The highest BCUT2D eigenvalue weighted by atomic mass is 35.5. The number of hydrogen-bond acceptors (Lipinski definition) is 3. The number of fused-ring (bicyclic) bond motifs is 1. The molecule has 1 amide bonds. The van der Waals surface area contributed by atoms with E-state index in [1.807, 2.05) is 37.4 Å². The Hall–Kier alpha value is -2.63. The van der Waals surface area contributed by atoms with Crippen molar-refractivity contribution in [1.29, 1.82) is 0 Å². The van der Waals surface area contributed by atoms with Gasteiger partial charge in [-0.2, -0.15) is 0 Å². The van der Waals surface area contributed by atoms with Crippen LogP contribution < -0.4 is 10.9 Å². The third kappa shape index (κ3) is 3.61. The molecule has 138 valence electrons. The molecule has 2 N–H and O–H groups in total. The van der Waals surface area contributed by atoms with E-state index >= 15 is 0 Å². The van der Waals surface area contributed by atoms with Gasteiger partial charge in [-0.3, -0.25) is 14.5 Å². The van der Waals surface area contributed by atoms with Crippen molar-refractivity contribution in [3.05, 3.63) is 75.7 Å². The fourth-order valence-corrected chi connectivity index (χ4v) is 3.62. The maximum Gasteiger partial charge on any atom is 0.255 e. The number of halogens is 1. The first-order valence-electron chi connectivity index (χ1n) is 8.93. The zero-order chi connectivity index (χ0) is 19.0. The van der Waals surface area contributed by atoms with E-state index in [0.717, 1.165) is 23.8 Å². The molecule has 6 heteroatoms. The van der Waals surface area contributed by atoms with Gasteiger partial charge < -0.3 is 10.3 Å². The molecule has 1 atom stereocenters. The molecular formula is C21H20ClN3O2. The van der Waals surface area contributed by atoms with E-state index in [4.69, 9.17) is 11.6 Å². The number of hydrogen-bond donors (Lipinski definition) is 2. The second-order valence-corrected chi connectivity index (χ2v) is 7.33. The Balaban J connectivity index is 1.67. The molecular weight excluding hydrogens is 362 g/mol. The summed E-state index contributed by atoms with van der Waals surface area (Å²) in [5.74, 6) is -0.137. The SMILES string of the molecule is CN(C1CC1)C(C(=O)Nc1cc2cc[nH]c(=O)c2cc1Cl)c1ccccc1. The highest BCUT2D eigenvalue weighted by molar-refractivity contribution is 6.34. The summed E-state index contributed by atoms with van der Waals surface area (Å²) >= 11 is 6.34. The quantitative estimate of drug-likeness (QED) is 0.703. The number of pyridine rings is 1. The minimum atomic E-state index is -0.398. The molecule has 1 unspecified atom stereocenters. The van der Waals surface area contributed by atoms with Crippen LogP contribution in [-0.2, 0) is 4.79 Å². The predicted octanol–water partition coefficient (Wildman–Crippen LogP) is 3.96. The average molecular weight is 382 g/mol. The molecule has 1 aromatic heterocycles. The third-order valence-corrected chi connectivity index (χ3v) is 5.33. The molecule has 3 aromatic rings. The lowest BCUT2D eigenvalue weighted by molar-refractivity contribution is -0.121. The summed E-state index contributed by atoms with van der Waals surface area (Å²) < 4.78 is 0. The van der Waals surface area contributed by atoms with E-state index in [1.54, 1.807) is 24.4 Å². The molecule has 0 aliphatic heterocycles. The van der Waals surface area contributed by atoms with Gasteiger partial charge in [-0.25, -0.2) is 0 Å². The lowest BCUT2D eigenvalue weighted by Crippen LogP contribution is -2.36. The summed E-state index contributed by atoms with van der Waals surface area (Å²) in [6, 6.07) is 14.9. The molecule has 0 radical (unpaired) electrons. The van der Waals surface area contributed by atoms with E-state index in [-0.39, 0.29) is 11.5 Å². The summed E-state index contributed by atoms with van der Waals surface area (Å²) in [5, 5.41) is 4.52. The maximum atomic E-state index is 13.2. The van der Waals surface area contributed by atoms with Crippen molar-refractivity contribution in [2.45, 2.75) is 24.9 Å². The van der Waals surface area contributed by atoms with Gasteiger partial charge in [0.05, 0.1) is 10.7 Å². The number of likely N-dealkylation sites (N-methyl/N-ethyl adjacent to an activating group) is 1. The average Bonchev–Trinajstić information content (AvgIpc) is 3.49. The molecule has 2 aromatic carbocycles. The fourth-order valence-electron chi connectivity index (χ4n) is 3.41. The smallest absolute Gasteiger partial charge is 0.255 e. The van der Waals surface area contributed by atoms with Gasteiger partial charge in [-0.1, -0.05) is 41.9 Å². The van der Waals surface area contributed by atoms with Crippen molar-refractivity contribution in [3.63, 3.8) is 0 Å². The number of rotatable bonds is 5. The molecule has 1 saturated carbocycles. The van der Waals surface area contributed by atoms with E-state index in [2.05, 4.69) is 15.2 Å². The maximum absolute atomic E-state index is 13.2. The number of nitrogens with zero attached hydrogens (tertiary/aromatic N) is 1. The monoisotopic (exact) mass is 381 g/mol. The molecule has 1 aliphatic carbocycles. The summed E-state index contributed by atoms with van der Waals surface area (Å²) in [5.41, 5.74) is 1.24. The first kappa shape index (κ1) is 17.8. The van der Waals surface area contributed by atoms with Crippen LogP contribution in [-0.4, -0.2) is 28.9 Å². The second kappa shape index (κ2) is 7.18. The minimum absolute atomic E-state index is 0.137. The molecule has 1 fully saturated rings. The van der Waals surface area contributed by atoms with E-state index < -0.39 is 6.04 Å². The topological polar surface area (TPSA) is 65.2 Å². The highest BCUT2D eigenvalue weighted by Crippen LogP contribution is 2.34. The summed E-state index contributed by atoms with van der Waals surface area (Å²) in [6.45, 7) is 0. The summed E-state index contributed by atoms with van der Waals surface area (Å²) in [7, 11) is 1.98.